The summed E-state index contributed by atoms with van der Waals surface area (Å²) >= 11 is 7.47. The van der Waals surface area contributed by atoms with E-state index in [2.05, 4.69) is 13.0 Å². The van der Waals surface area contributed by atoms with Crippen LogP contribution in [0.3, 0.4) is 0 Å². The van der Waals surface area contributed by atoms with Crippen LogP contribution in [-0.2, 0) is 13.0 Å². The Hall–Kier alpha value is -2.63. The molecule has 0 spiro atoms. The van der Waals surface area contributed by atoms with Gasteiger partial charge in [0.25, 0.3) is 5.91 Å². The summed E-state index contributed by atoms with van der Waals surface area (Å²) < 4.78 is 6.54. The number of halogens is 1. The second-order valence-corrected chi connectivity index (χ2v) is 7.54. The summed E-state index contributed by atoms with van der Waals surface area (Å²) in [4.78, 5) is 19.7. The Bertz CT molecular complexity index is 1070. The number of hydrogen-bond donors (Lipinski definition) is 0. The molecule has 0 saturated carbocycles. The normalized spacial score (nSPS) is 11.0. The quantitative estimate of drug-likeness (QED) is 0.418. The summed E-state index contributed by atoms with van der Waals surface area (Å²) in [7, 11) is 0. The molecule has 0 fully saturated rings. The summed E-state index contributed by atoms with van der Waals surface area (Å²) in [6, 6.07) is 16.7. The van der Waals surface area contributed by atoms with Crippen molar-refractivity contribution in [3.63, 3.8) is 0 Å². The topological polar surface area (TPSA) is 46.3 Å². The number of carbonyl (C=O) groups excluding carboxylic acids is 1. The Labute approximate surface area is 166 Å². The number of aromatic nitrogens is 1. The van der Waals surface area contributed by atoms with E-state index in [0.29, 0.717) is 28.0 Å². The van der Waals surface area contributed by atoms with Gasteiger partial charge >= 0.3 is 0 Å². The fraction of sp³-hybridized carbons (Fsp3) is 0.143. The highest BCUT2D eigenvalue weighted by Gasteiger charge is 2.23. The lowest BCUT2D eigenvalue weighted by atomic mass is 10.1. The monoisotopic (exact) mass is 396 g/mol. The Morgan fingerprint density at radius 3 is 2.67 bits per heavy atom. The number of para-hydroxylation sites is 1. The Balaban J connectivity index is 1.78. The van der Waals surface area contributed by atoms with Crippen LogP contribution in [0.1, 0.15) is 28.6 Å². The molecule has 6 heteroatoms. The lowest BCUT2D eigenvalue weighted by Crippen LogP contribution is -2.30. The molecule has 4 nitrogen and oxygen atoms in total. The molecular formula is C21H17ClN2O2S. The SMILES string of the molecule is CCc1cccc2sc(N(Cc3ccco3)C(=O)c3ccc(Cl)cc3)nc12. The lowest BCUT2D eigenvalue weighted by molar-refractivity contribution is 0.0983. The van der Waals surface area contributed by atoms with Gasteiger partial charge in [-0.3, -0.25) is 9.69 Å². The highest BCUT2D eigenvalue weighted by atomic mass is 35.5. The maximum absolute atomic E-state index is 13.2. The van der Waals surface area contributed by atoms with Crippen molar-refractivity contribution in [3.8, 4) is 0 Å². The molecule has 136 valence electrons. The third kappa shape index (κ3) is 3.61. The number of rotatable bonds is 5. The molecule has 4 aromatic rings. The van der Waals surface area contributed by atoms with Gasteiger partial charge in [-0.2, -0.15) is 0 Å². The van der Waals surface area contributed by atoms with Crippen LogP contribution in [0, 0.1) is 0 Å². The van der Waals surface area contributed by atoms with Crippen molar-refractivity contribution in [1.82, 2.24) is 4.98 Å². The molecule has 0 bridgehead atoms. The number of amides is 1. The van der Waals surface area contributed by atoms with Crippen LogP contribution < -0.4 is 4.90 Å². The number of hydrogen-bond acceptors (Lipinski definition) is 4. The number of furan rings is 1. The van der Waals surface area contributed by atoms with Gasteiger partial charge in [-0.1, -0.05) is 42.0 Å². The van der Waals surface area contributed by atoms with E-state index in [1.165, 1.54) is 16.9 Å². The van der Waals surface area contributed by atoms with E-state index in [0.717, 1.165) is 16.6 Å². The Kier molecular flexibility index (Phi) is 4.97. The number of nitrogens with zero attached hydrogens (tertiary/aromatic N) is 2. The summed E-state index contributed by atoms with van der Waals surface area (Å²) in [5.74, 6) is 0.562. The smallest absolute Gasteiger partial charge is 0.260 e. The average molecular weight is 397 g/mol. The third-order valence-corrected chi connectivity index (χ3v) is 5.63. The van der Waals surface area contributed by atoms with E-state index in [1.807, 2.05) is 24.3 Å². The number of fused-ring (bicyclic) bond motifs is 1. The van der Waals surface area contributed by atoms with E-state index >= 15 is 0 Å². The first kappa shape index (κ1) is 17.8. The summed E-state index contributed by atoms with van der Waals surface area (Å²) in [6.45, 7) is 2.42. The molecule has 0 aliphatic heterocycles. The zero-order chi connectivity index (χ0) is 18.8. The van der Waals surface area contributed by atoms with Gasteiger partial charge in [-0.25, -0.2) is 4.98 Å². The van der Waals surface area contributed by atoms with E-state index in [1.54, 1.807) is 35.4 Å². The van der Waals surface area contributed by atoms with Gasteiger partial charge in [-0.15, -0.1) is 0 Å². The second kappa shape index (κ2) is 7.55. The molecule has 0 aliphatic carbocycles. The minimum Gasteiger partial charge on any atom is -0.467 e. The van der Waals surface area contributed by atoms with Crippen LogP contribution in [0.2, 0.25) is 5.02 Å². The fourth-order valence-corrected chi connectivity index (χ4v) is 4.06. The molecule has 0 saturated heterocycles. The first-order valence-electron chi connectivity index (χ1n) is 8.64. The van der Waals surface area contributed by atoms with Gasteiger partial charge in [-0.05, 0) is 54.4 Å². The zero-order valence-corrected chi connectivity index (χ0v) is 16.3. The molecule has 27 heavy (non-hydrogen) atoms. The first-order valence-corrected chi connectivity index (χ1v) is 9.83. The van der Waals surface area contributed by atoms with E-state index in [4.69, 9.17) is 21.0 Å². The van der Waals surface area contributed by atoms with E-state index in [-0.39, 0.29) is 5.91 Å². The van der Waals surface area contributed by atoms with Gasteiger partial charge in [0.05, 0.1) is 23.0 Å². The third-order valence-electron chi connectivity index (χ3n) is 4.33. The highest BCUT2D eigenvalue weighted by molar-refractivity contribution is 7.22. The highest BCUT2D eigenvalue weighted by Crippen LogP contribution is 2.33. The van der Waals surface area contributed by atoms with Crippen molar-refractivity contribution >= 4 is 44.2 Å². The molecule has 0 atom stereocenters. The molecule has 0 unspecified atom stereocenters. The number of aryl methyl sites for hydroxylation is 1. The van der Waals surface area contributed by atoms with Gasteiger partial charge in [0, 0.05) is 10.6 Å². The second-order valence-electron chi connectivity index (χ2n) is 6.09. The molecule has 1 amide bonds. The predicted octanol–water partition coefficient (Wildman–Crippen LogP) is 5.95. The molecule has 0 aliphatic rings. The molecular weight excluding hydrogens is 380 g/mol. The van der Waals surface area contributed by atoms with Crippen molar-refractivity contribution in [2.75, 3.05) is 4.90 Å². The van der Waals surface area contributed by atoms with Crippen LogP contribution in [-0.4, -0.2) is 10.9 Å². The van der Waals surface area contributed by atoms with Crippen LogP contribution >= 0.6 is 22.9 Å². The Morgan fingerprint density at radius 1 is 1.15 bits per heavy atom. The van der Waals surface area contributed by atoms with Crippen LogP contribution in [0.25, 0.3) is 10.2 Å². The fourth-order valence-electron chi connectivity index (χ4n) is 2.93. The summed E-state index contributed by atoms with van der Waals surface area (Å²) in [5, 5.41) is 1.25. The minimum absolute atomic E-state index is 0.139. The average Bonchev–Trinajstić information content (AvgIpc) is 3.35. The van der Waals surface area contributed by atoms with E-state index in [9.17, 15) is 4.79 Å². The molecule has 2 aromatic carbocycles. The number of anilines is 1. The van der Waals surface area contributed by atoms with Crippen molar-refractivity contribution in [2.24, 2.45) is 0 Å². The van der Waals surface area contributed by atoms with Crippen LogP contribution in [0.5, 0.6) is 0 Å². The summed E-state index contributed by atoms with van der Waals surface area (Å²) in [6.07, 6.45) is 2.50. The maximum atomic E-state index is 13.2. The molecule has 4 rings (SSSR count). The Morgan fingerprint density at radius 2 is 1.96 bits per heavy atom. The lowest BCUT2D eigenvalue weighted by Gasteiger charge is -2.18. The molecule has 0 radical (unpaired) electrons. The van der Waals surface area contributed by atoms with Crippen molar-refractivity contribution in [1.29, 1.82) is 0 Å². The molecule has 0 N–H and O–H groups in total. The predicted molar refractivity (Wildman–Crippen MR) is 110 cm³/mol. The van der Waals surface area contributed by atoms with Crippen molar-refractivity contribution in [2.45, 2.75) is 19.9 Å². The van der Waals surface area contributed by atoms with Crippen LogP contribution in [0.4, 0.5) is 5.13 Å². The zero-order valence-electron chi connectivity index (χ0n) is 14.7. The number of carbonyl (C=O) groups is 1. The number of thiazole rings is 1. The van der Waals surface area contributed by atoms with Gasteiger partial charge in [0.15, 0.2) is 5.13 Å². The summed E-state index contributed by atoms with van der Waals surface area (Å²) in [5.41, 5.74) is 2.68. The largest absolute Gasteiger partial charge is 0.467 e. The van der Waals surface area contributed by atoms with Gasteiger partial charge < -0.3 is 4.42 Å². The van der Waals surface area contributed by atoms with Crippen molar-refractivity contribution < 1.29 is 9.21 Å². The van der Waals surface area contributed by atoms with Gasteiger partial charge in [0.1, 0.15) is 5.76 Å². The molecule has 2 aromatic heterocycles. The number of benzene rings is 2. The standard InChI is InChI=1S/C21H17ClN2O2S/c1-2-14-5-3-7-18-19(14)23-21(27-18)24(13-17-6-4-12-26-17)20(25)15-8-10-16(22)11-9-15/h3-12H,2,13H2,1H3. The van der Waals surface area contributed by atoms with Gasteiger partial charge in [0.2, 0.25) is 0 Å². The van der Waals surface area contributed by atoms with E-state index < -0.39 is 0 Å². The van der Waals surface area contributed by atoms with Crippen LogP contribution in [0.15, 0.2) is 65.3 Å². The van der Waals surface area contributed by atoms with Crippen molar-refractivity contribution in [3.05, 3.63) is 82.8 Å². The first-order chi connectivity index (χ1) is 13.2. The minimum atomic E-state index is -0.139. The molecule has 2 heterocycles. The maximum Gasteiger partial charge on any atom is 0.260 e.